The van der Waals surface area contributed by atoms with Gasteiger partial charge in [-0.1, -0.05) is 100 Å². The van der Waals surface area contributed by atoms with Gasteiger partial charge in [0.25, 0.3) is 0 Å². The summed E-state index contributed by atoms with van der Waals surface area (Å²) in [6.45, 7) is 25.1. The molecule has 0 radical (unpaired) electrons. The predicted octanol–water partition coefficient (Wildman–Crippen LogP) is 8.99. The van der Waals surface area contributed by atoms with Gasteiger partial charge in [-0.05, 0) is 91.7 Å². The van der Waals surface area contributed by atoms with Crippen molar-refractivity contribution in [1.29, 1.82) is 0 Å². The van der Waals surface area contributed by atoms with Crippen molar-refractivity contribution in [1.82, 2.24) is 0 Å². The van der Waals surface area contributed by atoms with Crippen LogP contribution in [0.1, 0.15) is 162 Å². The zero-order valence-corrected chi connectivity index (χ0v) is 45.4. The summed E-state index contributed by atoms with van der Waals surface area (Å²) in [6, 6.07) is 12.2. The Balaban J connectivity index is 0.000000997. The third-order valence-corrected chi connectivity index (χ3v) is 11.2. The molecule has 0 bridgehead atoms. The maximum Gasteiger partial charge on any atom is 1.00 e. The number of aldehydes is 1. The van der Waals surface area contributed by atoms with Crippen LogP contribution in [0.2, 0.25) is 0 Å². The zero-order valence-electron chi connectivity index (χ0n) is 43.4. The van der Waals surface area contributed by atoms with Crippen molar-refractivity contribution in [3.8, 4) is 11.5 Å². The van der Waals surface area contributed by atoms with E-state index in [0.717, 1.165) is 73.5 Å². The molecule has 10 nitrogen and oxygen atoms in total. The summed E-state index contributed by atoms with van der Waals surface area (Å²) in [4.78, 5) is 39.7. The van der Waals surface area contributed by atoms with E-state index in [1.165, 1.54) is 57.1 Å². The number of anilines is 2. The van der Waals surface area contributed by atoms with Gasteiger partial charge in [0.05, 0.1) is 34.0 Å². The molecule has 0 aromatic heterocycles. The molecule has 2 aromatic carbocycles. The number of hydrogen-bond acceptors (Lipinski definition) is 10. The molecule has 0 atom stereocenters. The van der Waals surface area contributed by atoms with E-state index in [4.69, 9.17) is 24.1 Å². The molecule has 2 aromatic rings. The van der Waals surface area contributed by atoms with E-state index >= 15 is 0 Å². The molecule has 0 fully saturated rings. The van der Waals surface area contributed by atoms with Crippen molar-refractivity contribution in [2.24, 2.45) is 10.8 Å². The number of ketones is 2. The summed E-state index contributed by atoms with van der Waals surface area (Å²) in [5.74, 6) is 2.80. The fraction of sp³-hybridized carbons (Fsp3) is 0.611. The van der Waals surface area contributed by atoms with Gasteiger partial charge in [-0.15, -0.1) is 6.61 Å². The summed E-state index contributed by atoms with van der Waals surface area (Å²) in [5.41, 5.74) is 6.06. The van der Waals surface area contributed by atoms with Crippen molar-refractivity contribution in [3.05, 3.63) is 76.3 Å². The van der Waals surface area contributed by atoms with Gasteiger partial charge in [0.2, 0.25) is 0 Å². The minimum absolute atomic E-state index is 0. The molecule has 0 unspecified atom stereocenters. The van der Waals surface area contributed by atoms with Gasteiger partial charge in [0.1, 0.15) is 11.5 Å². The van der Waals surface area contributed by atoms with Crippen LogP contribution in [-0.4, -0.2) is 79.1 Å². The molecule has 0 spiro atoms. The molecular weight excluding hydrogens is 828 g/mol. The Morgan fingerprint density at radius 3 is 1.34 bits per heavy atom. The Kier molecular flexibility index (Phi) is 31.2. The van der Waals surface area contributed by atoms with Gasteiger partial charge in [0, 0.05) is 68.1 Å². The molecule has 0 amide bonds. The first-order chi connectivity index (χ1) is 30.5. The van der Waals surface area contributed by atoms with Gasteiger partial charge in [-0.25, -0.2) is 0 Å². The van der Waals surface area contributed by atoms with Crippen molar-refractivity contribution >= 4 is 35.3 Å². The van der Waals surface area contributed by atoms with E-state index in [0.29, 0.717) is 35.7 Å². The Morgan fingerprint density at radius 2 is 0.969 bits per heavy atom. The zero-order chi connectivity index (χ0) is 48.3. The van der Waals surface area contributed by atoms with E-state index in [-0.39, 0.29) is 58.6 Å². The second kappa shape index (κ2) is 33.0. The third-order valence-electron chi connectivity index (χ3n) is 11.2. The quantitative estimate of drug-likeness (QED) is 0.0888. The van der Waals surface area contributed by atoms with Crippen LogP contribution < -0.4 is 53.9 Å². The minimum Gasteiger partial charge on any atom is -0.855 e. The van der Waals surface area contributed by atoms with E-state index in [1.807, 2.05) is 37.3 Å². The molecule has 11 heteroatoms. The second-order valence-electron chi connectivity index (χ2n) is 18.2. The number of ether oxygens (including phenoxy) is 4. The molecule has 0 saturated carbocycles. The normalized spacial score (nSPS) is 15.0. The first-order valence-corrected chi connectivity index (χ1v) is 23.6. The summed E-state index contributed by atoms with van der Waals surface area (Å²) in [7, 11) is 6.46. The van der Waals surface area contributed by atoms with Crippen LogP contribution in [-0.2, 0) is 19.1 Å². The third kappa shape index (κ3) is 21.7. The SMILES string of the molecule is CCCCN(CCCC)c1ccc(/C=C/C2=C(OC)C(=O)CC(C)(C)C2)c(OC)c1.CCCCN(CCCC)c1ccc(C=O)c(OC)c1.CC[O-].COC1=C(C)CC(C)(C)CC1=O.[Na+]. The van der Waals surface area contributed by atoms with Gasteiger partial charge in [-0.3, -0.25) is 14.4 Å². The van der Waals surface area contributed by atoms with Crippen LogP contribution in [0.3, 0.4) is 0 Å². The molecule has 2 aliphatic carbocycles. The van der Waals surface area contributed by atoms with Crippen LogP contribution in [0.25, 0.3) is 6.08 Å². The van der Waals surface area contributed by atoms with Crippen molar-refractivity contribution < 1.29 is 68.0 Å². The average molecular weight is 913 g/mol. The summed E-state index contributed by atoms with van der Waals surface area (Å²) in [6.07, 6.45) is 17.3. The molecule has 65 heavy (non-hydrogen) atoms. The fourth-order valence-corrected chi connectivity index (χ4v) is 7.99. The summed E-state index contributed by atoms with van der Waals surface area (Å²) >= 11 is 0. The summed E-state index contributed by atoms with van der Waals surface area (Å²) in [5, 5.41) is 8.93. The number of hydrogen-bond donors (Lipinski definition) is 0. The number of allylic oxidation sites excluding steroid dienone is 5. The van der Waals surface area contributed by atoms with Crippen molar-refractivity contribution in [2.45, 2.75) is 146 Å². The number of unbranched alkanes of at least 4 members (excludes halogenated alkanes) is 4. The number of carbonyl (C=O) groups is 3. The fourth-order valence-electron chi connectivity index (χ4n) is 7.99. The van der Waals surface area contributed by atoms with Gasteiger partial charge < -0.3 is 33.9 Å². The number of benzene rings is 2. The van der Waals surface area contributed by atoms with E-state index in [2.05, 4.69) is 83.4 Å². The van der Waals surface area contributed by atoms with Gasteiger partial charge in [-0.2, -0.15) is 0 Å². The number of Topliss-reactive ketones (excluding diaryl/α,β-unsaturated/α-hetero) is 2. The van der Waals surface area contributed by atoms with E-state index < -0.39 is 0 Å². The predicted molar refractivity (Wildman–Crippen MR) is 265 cm³/mol. The van der Waals surface area contributed by atoms with E-state index in [9.17, 15) is 14.4 Å². The van der Waals surface area contributed by atoms with Crippen LogP contribution >= 0.6 is 0 Å². The number of nitrogens with zero attached hydrogens (tertiary/aromatic N) is 2. The molecule has 4 rings (SSSR count). The molecule has 0 N–H and O–H groups in total. The van der Waals surface area contributed by atoms with E-state index in [1.54, 1.807) is 35.4 Å². The molecule has 360 valence electrons. The Morgan fingerprint density at radius 1 is 0.585 bits per heavy atom. The molecule has 2 aliphatic rings. The Hall–Kier alpha value is -3.57. The monoisotopic (exact) mass is 913 g/mol. The first-order valence-electron chi connectivity index (χ1n) is 23.6. The minimum atomic E-state index is -0.0498. The maximum atomic E-state index is 12.4. The Labute approximate surface area is 416 Å². The number of carbonyl (C=O) groups excluding carboxylic acids is 3. The molecular formula is C54H85N2NaO8. The smallest absolute Gasteiger partial charge is 0.855 e. The topological polar surface area (TPSA) is 118 Å². The first kappa shape index (κ1) is 61.4. The van der Waals surface area contributed by atoms with Crippen LogP contribution in [0.15, 0.2) is 65.1 Å². The van der Waals surface area contributed by atoms with Gasteiger partial charge >= 0.3 is 29.6 Å². The van der Waals surface area contributed by atoms with Crippen LogP contribution in [0.5, 0.6) is 11.5 Å². The molecule has 0 heterocycles. The summed E-state index contributed by atoms with van der Waals surface area (Å²) < 4.78 is 21.4. The number of rotatable bonds is 21. The molecule has 0 saturated heterocycles. The molecule has 0 aliphatic heterocycles. The van der Waals surface area contributed by atoms with Crippen molar-refractivity contribution in [2.75, 3.05) is 71.0 Å². The van der Waals surface area contributed by atoms with Crippen LogP contribution in [0.4, 0.5) is 11.4 Å². The maximum absolute atomic E-state index is 12.4. The van der Waals surface area contributed by atoms with Crippen molar-refractivity contribution in [3.63, 3.8) is 0 Å². The second-order valence-corrected chi connectivity index (χ2v) is 18.2. The largest absolute Gasteiger partial charge is 1.00 e. The average Bonchev–Trinajstić information content (AvgIpc) is 3.25. The number of methoxy groups -OCH3 is 4. The van der Waals surface area contributed by atoms with Gasteiger partial charge in [0.15, 0.2) is 29.4 Å². The Bertz CT molecular complexity index is 1800. The van der Waals surface area contributed by atoms with Crippen LogP contribution in [0, 0.1) is 10.8 Å². The standard InChI is InChI=1S/C26H39NO3.C16H25NO2.C10H16O2.C2H5O.Na/c1-7-9-15-27(16-10-8-2)22-14-13-20(24(17-22)29-5)11-12-21-18-26(3,4)19-23(28)25(21)30-6;1-4-6-10-17(11-7-5-2)15-9-8-14(13-18)16(12-15)19-3;1-7-5-10(2,3)6-8(11)9(7)12-4;1-2-3;/h11-14,17H,7-10,15-16,18-19H2,1-6H3;8-9,12-13H,4-7,10-11H2,1-3H3;5-6H2,1-4H3;2H2,1H3;/q;;;-1;+1/b12-11+;;;;.